The number of carbonyl (C=O) groups is 1. The third kappa shape index (κ3) is 4.33. The molecule has 0 saturated carbocycles. The maximum Gasteiger partial charge on any atom is 0.231 e. The zero-order valence-corrected chi connectivity index (χ0v) is 14.9. The van der Waals surface area contributed by atoms with Crippen LogP contribution in [0.15, 0.2) is 21.0 Å². The van der Waals surface area contributed by atoms with Gasteiger partial charge in [0, 0.05) is 11.8 Å². The fourth-order valence-electron chi connectivity index (χ4n) is 1.52. The van der Waals surface area contributed by atoms with Gasteiger partial charge in [-0.05, 0) is 6.42 Å². The highest BCUT2D eigenvalue weighted by atomic mass is 32.2. The number of anilines is 1. The van der Waals surface area contributed by atoms with Crippen molar-refractivity contribution in [1.82, 2.24) is 9.97 Å². The van der Waals surface area contributed by atoms with Crippen LogP contribution in [-0.2, 0) is 17.0 Å². The molecule has 0 aromatic carbocycles. The summed E-state index contributed by atoms with van der Waals surface area (Å²) < 4.78 is 6.60. The molecule has 1 N–H and O–H groups in total. The fraction of sp³-hybridized carbons (Fsp3) is 0.533. The SMILES string of the molecule is CCc1cnc(CSc2cnc(NC(=O)C(C)(C)CC)s2)o1. The fourth-order valence-corrected chi connectivity index (χ4v) is 3.24. The molecule has 0 aliphatic heterocycles. The van der Waals surface area contributed by atoms with Gasteiger partial charge in [0.25, 0.3) is 0 Å². The van der Waals surface area contributed by atoms with Crippen molar-refractivity contribution in [2.45, 2.75) is 50.5 Å². The van der Waals surface area contributed by atoms with Gasteiger partial charge in [0.15, 0.2) is 5.13 Å². The van der Waals surface area contributed by atoms with Crippen LogP contribution in [0, 0.1) is 5.41 Å². The van der Waals surface area contributed by atoms with Crippen molar-refractivity contribution < 1.29 is 9.21 Å². The van der Waals surface area contributed by atoms with Crippen LogP contribution in [-0.4, -0.2) is 15.9 Å². The zero-order chi connectivity index (χ0) is 16.2. The second-order valence-electron chi connectivity index (χ2n) is 5.54. The Morgan fingerprint density at radius 2 is 2.14 bits per heavy atom. The molecule has 2 aromatic rings. The molecule has 0 atom stereocenters. The molecule has 2 rings (SSSR count). The number of rotatable bonds is 7. The summed E-state index contributed by atoms with van der Waals surface area (Å²) in [5, 5.41) is 3.52. The van der Waals surface area contributed by atoms with Crippen LogP contribution < -0.4 is 5.32 Å². The van der Waals surface area contributed by atoms with Crippen LogP contribution in [0.5, 0.6) is 0 Å². The first-order chi connectivity index (χ1) is 10.4. The van der Waals surface area contributed by atoms with E-state index in [1.165, 1.54) is 11.3 Å². The Hall–Kier alpha value is -1.34. The van der Waals surface area contributed by atoms with Crippen molar-refractivity contribution in [2.24, 2.45) is 5.41 Å². The van der Waals surface area contributed by atoms with Gasteiger partial charge in [-0.25, -0.2) is 9.97 Å². The van der Waals surface area contributed by atoms with E-state index in [1.807, 2.05) is 27.7 Å². The number of amides is 1. The van der Waals surface area contributed by atoms with Crippen molar-refractivity contribution in [3.05, 3.63) is 24.0 Å². The number of thiazole rings is 1. The summed E-state index contributed by atoms with van der Waals surface area (Å²) in [7, 11) is 0. The molecule has 0 spiro atoms. The van der Waals surface area contributed by atoms with Crippen LogP contribution in [0.1, 0.15) is 45.8 Å². The van der Waals surface area contributed by atoms with E-state index in [-0.39, 0.29) is 11.3 Å². The van der Waals surface area contributed by atoms with Gasteiger partial charge in [-0.1, -0.05) is 39.0 Å². The summed E-state index contributed by atoms with van der Waals surface area (Å²) in [5.41, 5.74) is -0.381. The number of nitrogens with one attached hydrogen (secondary N) is 1. The van der Waals surface area contributed by atoms with E-state index in [9.17, 15) is 4.79 Å². The van der Waals surface area contributed by atoms with Crippen molar-refractivity contribution in [3.8, 4) is 0 Å². The summed E-state index contributed by atoms with van der Waals surface area (Å²) in [6.45, 7) is 7.90. The highest BCUT2D eigenvalue weighted by Gasteiger charge is 2.26. The lowest BCUT2D eigenvalue weighted by molar-refractivity contribution is -0.124. The Balaban J connectivity index is 1.90. The highest BCUT2D eigenvalue weighted by Crippen LogP contribution is 2.31. The van der Waals surface area contributed by atoms with E-state index >= 15 is 0 Å². The summed E-state index contributed by atoms with van der Waals surface area (Å²) in [6.07, 6.45) is 5.17. The number of nitrogens with zero attached hydrogens (tertiary/aromatic N) is 2. The Labute approximate surface area is 138 Å². The van der Waals surface area contributed by atoms with E-state index in [0.29, 0.717) is 16.8 Å². The van der Waals surface area contributed by atoms with Gasteiger partial charge in [-0.3, -0.25) is 4.79 Å². The predicted octanol–water partition coefficient (Wildman–Crippen LogP) is 4.36. The van der Waals surface area contributed by atoms with Crippen molar-refractivity contribution in [1.29, 1.82) is 0 Å². The van der Waals surface area contributed by atoms with Gasteiger partial charge >= 0.3 is 0 Å². The first kappa shape index (κ1) is 17.0. The van der Waals surface area contributed by atoms with E-state index in [1.54, 1.807) is 24.2 Å². The van der Waals surface area contributed by atoms with Crippen LogP contribution in [0.25, 0.3) is 0 Å². The average Bonchev–Trinajstić information content (AvgIpc) is 3.13. The Bertz CT molecular complexity index is 634. The first-order valence-electron chi connectivity index (χ1n) is 7.28. The minimum absolute atomic E-state index is 0.00110. The zero-order valence-electron chi connectivity index (χ0n) is 13.3. The molecule has 22 heavy (non-hydrogen) atoms. The monoisotopic (exact) mass is 339 g/mol. The van der Waals surface area contributed by atoms with Crippen molar-refractivity contribution in [3.63, 3.8) is 0 Å². The molecule has 5 nitrogen and oxygen atoms in total. The lowest BCUT2D eigenvalue weighted by atomic mass is 9.89. The van der Waals surface area contributed by atoms with Gasteiger partial charge in [0.1, 0.15) is 5.76 Å². The summed E-state index contributed by atoms with van der Waals surface area (Å²) in [6, 6.07) is 0. The maximum atomic E-state index is 12.1. The molecule has 0 bridgehead atoms. The van der Waals surface area contributed by atoms with Crippen LogP contribution in [0.4, 0.5) is 5.13 Å². The second kappa shape index (κ2) is 7.28. The molecular formula is C15H21N3O2S2. The summed E-state index contributed by atoms with van der Waals surface area (Å²) in [4.78, 5) is 20.6. The molecule has 0 saturated heterocycles. The molecule has 120 valence electrons. The number of aryl methyl sites for hydroxylation is 1. The van der Waals surface area contributed by atoms with E-state index in [4.69, 9.17) is 4.42 Å². The van der Waals surface area contributed by atoms with Crippen LogP contribution in [0.3, 0.4) is 0 Å². The van der Waals surface area contributed by atoms with Gasteiger partial charge < -0.3 is 9.73 Å². The molecule has 0 aliphatic carbocycles. The molecule has 0 unspecified atom stereocenters. The number of hydrogen-bond donors (Lipinski definition) is 1. The third-order valence-corrected chi connectivity index (χ3v) is 5.58. The van der Waals surface area contributed by atoms with Gasteiger partial charge in [0.2, 0.25) is 11.8 Å². The molecule has 0 aliphatic rings. The Morgan fingerprint density at radius 3 is 2.77 bits per heavy atom. The Morgan fingerprint density at radius 1 is 1.36 bits per heavy atom. The predicted molar refractivity (Wildman–Crippen MR) is 90.3 cm³/mol. The number of oxazole rings is 1. The van der Waals surface area contributed by atoms with Crippen molar-refractivity contribution in [2.75, 3.05) is 5.32 Å². The standard InChI is InChI=1S/C15H21N3O2S2/c1-5-10-7-16-11(20-10)9-21-12-8-17-14(22-12)18-13(19)15(3,4)6-2/h7-8H,5-6,9H2,1-4H3,(H,17,18,19). The molecule has 0 radical (unpaired) electrons. The van der Waals surface area contributed by atoms with E-state index < -0.39 is 0 Å². The Kier molecular flexibility index (Phi) is 5.63. The second-order valence-corrected chi connectivity index (χ2v) is 7.84. The lowest BCUT2D eigenvalue weighted by Gasteiger charge is -2.20. The quantitative estimate of drug-likeness (QED) is 0.759. The molecule has 7 heteroatoms. The van der Waals surface area contributed by atoms with Gasteiger partial charge in [0.05, 0.1) is 22.4 Å². The first-order valence-corrected chi connectivity index (χ1v) is 9.08. The summed E-state index contributed by atoms with van der Waals surface area (Å²) in [5.74, 6) is 2.28. The number of hydrogen-bond acceptors (Lipinski definition) is 6. The molecule has 1 amide bonds. The van der Waals surface area contributed by atoms with E-state index in [2.05, 4.69) is 15.3 Å². The maximum absolute atomic E-state index is 12.1. The topological polar surface area (TPSA) is 68.0 Å². The average molecular weight is 339 g/mol. The van der Waals surface area contributed by atoms with Gasteiger partial charge in [-0.15, -0.1) is 11.8 Å². The van der Waals surface area contributed by atoms with Gasteiger partial charge in [-0.2, -0.15) is 0 Å². The van der Waals surface area contributed by atoms with Crippen LogP contribution in [0.2, 0.25) is 0 Å². The van der Waals surface area contributed by atoms with E-state index in [0.717, 1.165) is 22.8 Å². The highest BCUT2D eigenvalue weighted by molar-refractivity contribution is 8.00. The minimum atomic E-state index is -0.381. The minimum Gasteiger partial charge on any atom is -0.445 e. The number of carbonyl (C=O) groups excluding carboxylic acids is 1. The largest absolute Gasteiger partial charge is 0.445 e. The smallest absolute Gasteiger partial charge is 0.231 e. The third-order valence-electron chi connectivity index (χ3n) is 3.49. The molecule has 2 heterocycles. The number of aromatic nitrogens is 2. The number of thioether (sulfide) groups is 1. The normalized spacial score (nSPS) is 11.6. The summed E-state index contributed by atoms with van der Waals surface area (Å²) >= 11 is 3.08. The molecule has 2 aromatic heterocycles. The molecule has 0 fully saturated rings. The van der Waals surface area contributed by atoms with Crippen LogP contribution >= 0.6 is 23.1 Å². The van der Waals surface area contributed by atoms with Crippen molar-refractivity contribution >= 4 is 34.1 Å². The lowest BCUT2D eigenvalue weighted by Crippen LogP contribution is -2.29. The molecular weight excluding hydrogens is 318 g/mol.